The highest BCUT2D eigenvalue weighted by molar-refractivity contribution is 5.97. The lowest BCUT2D eigenvalue weighted by molar-refractivity contribution is -0.128. The summed E-state index contributed by atoms with van der Waals surface area (Å²) in [5.74, 6) is 1.36. The molecule has 2 aliphatic rings. The summed E-state index contributed by atoms with van der Waals surface area (Å²) in [4.78, 5) is 33.6. The molecule has 0 bridgehead atoms. The monoisotopic (exact) mass is 471 g/mol. The van der Waals surface area contributed by atoms with Crippen LogP contribution in [0.2, 0.25) is 0 Å². The van der Waals surface area contributed by atoms with E-state index in [0.29, 0.717) is 36.8 Å². The van der Waals surface area contributed by atoms with Gasteiger partial charge in [-0.05, 0) is 61.1 Å². The summed E-state index contributed by atoms with van der Waals surface area (Å²) in [6.45, 7) is 3.28. The Hall–Kier alpha value is -3.41. The van der Waals surface area contributed by atoms with Crippen molar-refractivity contribution < 1.29 is 14.3 Å². The van der Waals surface area contributed by atoms with Crippen molar-refractivity contribution in [3.63, 3.8) is 0 Å². The smallest absolute Gasteiger partial charge is 0.257 e. The quantitative estimate of drug-likeness (QED) is 0.500. The lowest BCUT2D eigenvalue weighted by Crippen LogP contribution is -2.33. The molecule has 2 fully saturated rings. The number of carbonyl (C=O) groups is 2. The van der Waals surface area contributed by atoms with Gasteiger partial charge in [-0.15, -0.1) is 0 Å². The van der Waals surface area contributed by atoms with E-state index in [4.69, 9.17) is 4.74 Å². The van der Waals surface area contributed by atoms with Crippen LogP contribution >= 0.6 is 0 Å². The van der Waals surface area contributed by atoms with Crippen LogP contribution in [0.1, 0.15) is 48.0 Å². The minimum atomic E-state index is 0.0327. The summed E-state index contributed by atoms with van der Waals surface area (Å²) in [7, 11) is 0. The van der Waals surface area contributed by atoms with Gasteiger partial charge in [-0.2, -0.15) is 0 Å². The van der Waals surface area contributed by atoms with E-state index in [1.54, 1.807) is 0 Å². The van der Waals surface area contributed by atoms with E-state index >= 15 is 0 Å². The van der Waals surface area contributed by atoms with Crippen molar-refractivity contribution in [2.75, 3.05) is 32.8 Å². The molecule has 6 heteroatoms. The molecule has 2 saturated heterocycles. The maximum absolute atomic E-state index is 13.5. The maximum atomic E-state index is 13.5. The van der Waals surface area contributed by atoms with Gasteiger partial charge in [-0.3, -0.25) is 14.6 Å². The predicted molar refractivity (Wildman–Crippen MR) is 136 cm³/mol. The Kier molecular flexibility index (Phi) is 7.26. The number of benzene rings is 2. The molecule has 2 aliphatic heterocycles. The van der Waals surface area contributed by atoms with E-state index in [1.807, 2.05) is 46.5 Å². The Morgan fingerprint density at radius 1 is 0.971 bits per heavy atom. The van der Waals surface area contributed by atoms with Gasteiger partial charge in [-0.25, -0.2) is 0 Å². The van der Waals surface area contributed by atoms with E-state index < -0.39 is 0 Å². The van der Waals surface area contributed by atoms with Crippen molar-refractivity contribution in [3.05, 3.63) is 72.1 Å². The molecule has 3 aromatic rings. The fourth-order valence-electron chi connectivity index (χ4n) is 5.37. The van der Waals surface area contributed by atoms with Gasteiger partial charge in [0.2, 0.25) is 5.91 Å². The van der Waals surface area contributed by atoms with Crippen molar-refractivity contribution in [2.45, 2.75) is 38.5 Å². The van der Waals surface area contributed by atoms with Crippen molar-refractivity contribution in [2.24, 2.45) is 5.92 Å². The van der Waals surface area contributed by atoms with Gasteiger partial charge in [0.05, 0.1) is 12.1 Å². The number of aromatic nitrogens is 1. The molecule has 2 amide bonds. The highest BCUT2D eigenvalue weighted by Crippen LogP contribution is 2.27. The lowest BCUT2D eigenvalue weighted by atomic mass is 9.91. The second kappa shape index (κ2) is 10.9. The zero-order chi connectivity index (χ0) is 24.0. The second-order valence-corrected chi connectivity index (χ2v) is 9.64. The SMILES string of the molecule is O=C1CCCN1CCOc1ccccc1C(=O)N1CCCC(Cc2cncc3ccccc23)CC1. The topological polar surface area (TPSA) is 62.7 Å². The molecule has 2 aromatic carbocycles. The van der Waals surface area contributed by atoms with E-state index in [9.17, 15) is 9.59 Å². The number of carbonyl (C=O) groups excluding carboxylic acids is 2. The average Bonchev–Trinajstić information content (AvgIpc) is 3.15. The summed E-state index contributed by atoms with van der Waals surface area (Å²) >= 11 is 0. The van der Waals surface area contributed by atoms with Crippen LogP contribution < -0.4 is 4.74 Å². The van der Waals surface area contributed by atoms with Gasteiger partial charge in [0.25, 0.3) is 5.91 Å². The van der Waals surface area contributed by atoms with Crippen LogP contribution in [-0.2, 0) is 11.2 Å². The first kappa shape index (κ1) is 23.3. The molecule has 182 valence electrons. The third kappa shape index (κ3) is 5.47. The first-order valence-electron chi connectivity index (χ1n) is 12.8. The molecule has 5 rings (SSSR count). The minimum Gasteiger partial charge on any atom is -0.491 e. The van der Waals surface area contributed by atoms with Crippen LogP contribution in [0.4, 0.5) is 0 Å². The van der Waals surface area contributed by atoms with Gasteiger partial charge in [-0.1, -0.05) is 36.4 Å². The first-order chi connectivity index (χ1) is 17.2. The number of rotatable bonds is 7. The normalized spacial score (nSPS) is 18.6. The Labute approximate surface area is 206 Å². The highest BCUT2D eigenvalue weighted by Gasteiger charge is 2.25. The Balaban J connectivity index is 1.20. The van der Waals surface area contributed by atoms with Crippen LogP contribution in [-0.4, -0.2) is 59.4 Å². The number of hydrogen-bond donors (Lipinski definition) is 0. The number of nitrogens with zero attached hydrogens (tertiary/aromatic N) is 3. The summed E-state index contributed by atoms with van der Waals surface area (Å²) in [5.41, 5.74) is 1.90. The fraction of sp³-hybridized carbons (Fsp3) is 0.414. The highest BCUT2D eigenvalue weighted by atomic mass is 16.5. The number of hydrogen-bond acceptors (Lipinski definition) is 4. The number of fused-ring (bicyclic) bond motifs is 1. The van der Waals surface area contributed by atoms with E-state index in [1.165, 1.54) is 16.3 Å². The van der Waals surface area contributed by atoms with Crippen LogP contribution in [0, 0.1) is 5.92 Å². The number of para-hydroxylation sites is 1. The fourth-order valence-corrected chi connectivity index (χ4v) is 5.37. The van der Waals surface area contributed by atoms with E-state index in [2.05, 4.69) is 29.2 Å². The van der Waals surface area contributed by atoms with E-state index in [0.717, 1.165) is 51.7 Å². The van der Waals surface area contributed by atoms with Crippen LogP contribution in [0.3, 0.4) is 0 Å². The van der Waals surface area contributed by atoms with Gasteiger partial charge in [0.1, 0.15) is 12.4 Å². The molecule has 0 N–H and O–H groups in total. The summed E-state index contributed by atoms with van der Waals surface area (Å²) in [6, 6.07) is 15.9. The third-order valence-electron chi connectivity index (χ3n) is 7.30. The molecular formula is C29H33N3O3. The van der Waals surface area contributed by atoms with Gasteiger partial charge in [0, 0.05) is 43.8 Å². The molecule has 0 spiro atoms. The van der Waals surface area contributed by atoms with Crippen LogP contribution in [0.25, 0.3) is 10.8 Å². The molecule has 0 saturated carbocycles. The molecule has 6 nitrogen and oxygen atoms in total. The Morgan fingerprint density at radius 2 is 1.83 bits per heavy atom. The average molecular weight is 472 g/mol. The standard InChI is InChI=1S/C29H33N3O3/c33-28-12-6-14-31(28)17-18-35-27-11-4-3-10-26(27)29(34)32-15-5-7-22(13-16-32)19-24-21-30-20-23-8-1-2-9-25(23)24/h1-4,8-11,20-22H,5-7,12-19H2. The number of pyridine rings is 1. The van der Waals surface area contributed by atoms with Crippen molar-refractivity contribution in [3.8, 4) is 5.75 Å². The zero-order valence-electron chi connectivity index (χ0n) is 20.2. The Morgan fingerprint density at radius 3 is 2.71 bits per heavy atom. The molecule has 0 radical (unpaired) electrons. The third-order valence-corrected chi connectivity index (χ3v) is 7.30. The molecule has 3 heterocycles. The lowest BCUT2D eigenvalue weighted by Gasteiger charge is -2.23. The van der Waals surface area contributed by atoms with Crippen LogP contribution in [0.15, 0.2) is 60.9 Å². The van der Waals surface area contributed by atoms with E-state index in [-0.39, 0.29) is 11.8 Å². The molecule has 1 aromatic heterocycles. The van der Waals surface area contributed by atoms with Crippen molar-refractivity contribution in [1.29, 1.82) is 0 Å². The minimum absolute atomic E-state index is 0.0327. The molecule has 35 heavy (non-hydrogen) atoms. The second-order valence-electron chi connectivity index (χ2n) is 9.64. The van der Waals surface area contributed by atoms with Crippen LogP contribution in [0.5, 0.6) is 5.75 Å². The summed E-state index contributed by atoms with van der Waals surface area (Å²) < 4.78 is 5.98. The molecular weight excluding hydrogens is 438 g/mol. The number of ether oxygens (including phenoxy) is 1. The van der Waals surface area contributed by atoms with Crippen molar-refractivity contribution >= 4 is 22.6 Å². The number of amides is 2. The molecule has 1 atom stereocenters. The molecule has 0 aliphatic carbocycles. The molecule has 1 unspecified atom stereocenters. The number of likely N-dealkylation sites (tertiary alicyclic amines) is 2. The first-order valence-corrected chi connectivity index (χ1v) is 12.8. The maximum Gasteiger partial charge on any atom is 0.257 e. The largest absolute Gasteiger partial charge is 0.491 e. The van der Waals surface area contributed by atoms with Gasteiger partial charge in [0.15, 0.2) is 0 Å². The Bertz CT molecular complexity index is 1190. The summed E-state index contributed by atoms with van der Waals surface area (Å²) in [5, 5.41) is 2.46. The van der Waals surface area contributed by atoms with Crippen molar-refractivity contribution in [1.82, 2.24) is 14.8 Å². The van der Waals surface area contributed by atoms with Gasteiger partial charge < -0.3 is 14.5 Å². The summed E-state index contributed by atoms with van der Waals surface area (Å²) in [6.07, 6.45) is 9.54. The van der Waals surface area contributed by atoms with Gasteiger partial charge >= 0.3 is 0 Å². The predicted octanol–water partition coefficient (Wildman–Crippen LogP) is 4.72. The zero-order valence-corrected chi connectivity index (χ0v) is 20.2.